The molecule has 0 aliphatic rings. The molecule has 0 saturated carbocycles. The predicted octanol–water partition coefficient (Wildman–Crippen LogP) is 14.4. The van der Waals surface area contributed by atoms with Crippen molar-refractivity contribution >= 4 is 43.6 Å². The molecule has 0 N–H and O–H groups in total. The molecule has 0 aliphatic carbocycles. The van der Waals surface area contributed by atoms with E-state index in [2.05, 4.69) is 197 Å². The summed E-state index contributed by atoms with van der Waals surface area (Å²) >= 11 is 0. The minimum atomic E-state index is 0.575. The summed E-state index contributed by atoms with van der Waals surface area (Å²) in [5.74, 6) is 1.83. The van der Waals surface area contributed by atoms with Gasteiger partial charge in [-0.05, 0) is 64.2 Å². The molecular weight excluding hydrogens is 755 g/mol. The summed E-state index contributed by atoms with van der Waals surface area (Å²) in [6.45, 7) is 0. The molecule has 0 fully saturated rings. The van der Waals surface area contributed by atoms with Crippen LogP contribution < -0.4 is 0 Å². The highest BCUT2D eigenvalue weighted by atomic mass is 15.2. The van der Waals surface area contributed by atoms with Gasteiger partial charge in [0.2, 0.25) is 5.95 Å². The van der Waals surface area contributed by atoms with Crippen molar-refractivity contribution < 1.29 is 0 Å². The Labute approximate surface area is 358 Å². The van der Waals surface area contributed by atoms with Gasteiger partial charge in [-0.25, -0.2) is 4.98 Å². The molecule has 0 unspecified atom stereocenters. The third-order valence-electron chi connectivity index (χ3n) is 12.0. The monoisotopic (exact) mass is 791 g/mol. The first-order chi connectivity index (χ1) is 30.8. The fourth-order valence-electron chi connectivity index (χ4n) is 9.15. The summed E-state index contributed by atoms with van der Waals surface area (Å²) in [5, 5.41) is 4.57. The van der Waals surface area contributed by atoms with Crippen molar-refractivity contribution in [1.82, 2.24) is 24.1 Å². The topological polar surface area (TPSA) is 48.5 Å². The van der Waals surface area contributed by atoms with Gasteiger partial charge < -0.3 is 4.57 Å². The summed E-state index contributed by atoms with van der Waals surface area (Å²) in [5.41, 5.74) is 14.4. The molecule has 62 heavy (non-hydrogen) atoms. The molecule has 12 aromatic rings. The van der Waals surface area contributed by atoms with E-state index in [0.29, 0.717) is 17.6 Å². The van der Waals surface area contributed by atoms with Crippen molar-refractivity contribution in [3.05, 3.63) is 224 Å². The molecule has 12 rings (SSSR count). The second kappa shape index (κ2) is 14.7. The van der Waals surface area contributed by atoms with Crippen LogP contribution in [0.5, 0.6) is 0 Å². The molecule has 290 valence electrons. The Morgan fingerprint density at radius 2 is 0.710 bits per heavy atom. The second-order valence-corrected chi connectivity index (χ2v) is 15.6. The van der Waals surface area contributed by atoms with E-state index >= 15 is 0 Å². The highest BCUT2D eigenvalue weighted by Gasteiger charge is 2.22. The van der Waals surface area contributed by atoms with Crippen LogP contribution in [0.15, 0.2) is 224 Å². The van der Waals surface area contributed by atoms with Crippen LogP contribution in [0.1, 0.15) is 0 Å². The van der Waals surface area contributed by atoms with Gasteiger partial charge in [-0.1, -0.05) is 188 Å². The normalized spacial score (nSPS) is 11.5. The first kappa shape index (κ1) is 35.5. The van der Waals surface area contributed by atoms with Crippen molar-refractivity contribution in [2.75, 3.05) is 0 Å². The van der Waals surface area contributed by atoms with Gasteiger partial charge >= 0.3 is 0 Å². The largest absolute Gasteiger partial charge is 0.309 e. The van der Waals surface area contributed by atoms with Crippen molar-refractivity contribution in [3.63, 3.8) is 0 Å². The minimum Gasteiger partial charge on any atom is -0.309 e. The average molecular weight is 792 g/mol. The zero-order chi connectivity index (χ0) is 41.0. The Morgan fingerprint density at radius 3 is 1.29 bits per heavy atom. The molecule has 0 radical (unpaired) electrons. The summed E-state index contributed by atoms with van der Waals surface area (Å²) in [7, 11) is 0. The van der Waals surface area contributed by atoms with E-state index in [1.54, 1.807) is 0 Å². The third kappa shape index (κ3) is 5.90. The van der Waals surface area contributed by atoms with Crippen molar-refractivity contribution in [3.8, 4) is 67.8 Å². The molecular formula is C57H37N5. The molecule has 9 aromatic carbocycles. The van der Waals surface area contributed by atoms with Gasteiger partial charge in [0.05, 0.1) is 27.8 Å². The van der Waals surface area contributed by atoms with E-state index < -0.39 is 0 Å². The van der Waals surface area contributed by atoms with E-state index in [1.807, 2.05) is 36.4 Å². The first-order valence-electron chi connectivity index (χ1n) is 21.0. The van der Waals surface area contributed by atoms with Crippen LogP contribution in [-0.4, -0.2) is 24.1 Å². The van der Waals surface area contributed by atoms with Crippen LogP contribution in [0, 0.1) is 0 Å². The van der Waals surface area contributed by atoms with Crippen LogP contribution in [0.25, 0.3) is 111 Å². The maximum Gasteiger partial charge on any atom is 0.238 e. The van der Waals surface area contributed by atoms with Gasteiger partial charge in [-0.15, -0.1) is 0 Å². The van der Waals surface area contributed by atoms with Crippen LogP contribution in [-0.2, 0) is 0 Å². The van der Waals surface area contributed by atoms with Crippen molar-refractivity contribution in [1.29, 1.82) is 0 Å². The number of rotatable bonds is 7. The standard InChI is InChI=1S/C57H37N5/c1-5-19-38(20-6-1)43-34-33-42(35-47(43)39-21-7-2-8-22-39)44-27-13-16-30-50(44)61-51-31-17-14-28-45(51)48-37-54-49(36-53(48)61)46-29-15-18-32-52(46)62(54)57-59-55(40-23-9-3-10-24-40)58-56(60-57)41-25-11-4-12-26-41/h1-37H. The van der Waals surface area contributed by atoms with E-state index in [9.17, 15) is 0 Å². The Bertz CT molecular complexity index is 3550. The first-order valence-corrected chi connectivity index (χ1v) is 21.0. The summed E-state index contributed by atoms with van der Waals surface area (Å²) < 4.78 is 4.66. The Hall–Kier alpha value is -8.41. The minimum absolute atomic E-state index is 0.575. The zero-order valence-corrected chi connectivity index (χ0v) is 33.6. The lowest BCUT2D eigenvalue weighted by Crippen LogP contribution is -2.06. The van der Waals surface area contributed by atoms with E-state index in [0.717, 1.165) is 66.2 Å². The van der Waals surface area contributed by atoms with Gasteiger partial charge in [0.1, 0.15) is 0 Å². The fraction of sp³-hybridized carbons (Fsp3) is 0. The highest BCUT2D eigenvalue weighted by Crippen LogP contribution is 2.43. The zero-order valence-electron chi connectivity index (χ0n) is 33.6. The lowest BCUT2D eigenvalue weighted by molar-refractivity contribution is 0.954. The number of hydrogen-bond donors (Lipinski definition) is 0. The van der Waals surface area contributed by atoms with Gasteiger partial charge in [0, 0.05) is 38.2 Å². The summed E-state index contributed by atoms with van der Waals surface area (Å²) in [4.78, 5) is 15.4. The molecule has 5 nitrogen and oxygen atoms in total. The molecule has 3 heterocycles. The molecule has 0 amide bonds. The lowest BCUT2D eigenvalue weighted by atomic mass is 9.90. The van der Waals surface area contributed by atoms with E-state index in [4.69, 9.17) is 15.0 Å². The smallest absolute Gasteiger partial charge is 0.238 e. The molecule has 0 aliphatic heterocycles. The number of aromatic nitrogens is 5. The Kier molecular flexibility index (Phi) is 8.42. The molecule has 0 atom stereocenters. The number of benzene rings is 9. The Balaban J connectivity index is 1.11. The summed E-state index contributed by atoms with van der Waals surface area (Å²) in [6.07, 6.45) is 0. The van der Waals surface area contributed by atoms with Crippen molar-refractivity contribution in [2.45, 2.75) is 0 Å². The number of fused-ring (bicyclic) bond motifs is 6. The Morgan fingerprint density at radius 1 is 0.258 bits per heavy atom. The molecule has 0 spiro atoms. The second-order valence-electron chi connectivity index (χ2n) is 15.6. The van der Waals surface area contributed by atoms with Crippen LogP contribution >= 0.6 is 0 Å². The average Bonchev–Trinajstić information content (AvgIpc) is 3.86. The number of para-hydroxylation sites is 3. The number of nitrogens with zero attached hydrogens (tertiary/aromatic N) is 5. The molecule has 0 bridgehead atoms. The SMILES string of the molecule is c1ccc(-c2nc(-c3ccccc3)nc(-n3c4ccccc4c4cc5c(cc43)c3ccccc3n5-c3ccccc3-c3ccc(-c4ccccc4)c(-c4ccccc4)c3)n2)cc1. The van der Waals surface area contributed by atoms with Crippen molar-refractivity contribution in [2.24, 2.45) is 0 Å². The molecule has 0 saturated heterocycles. The lowest BCUT2D eigenvalue weighted by Gasteiger charge is -2.17. The van der Waals surface area contributed by atoms with Gasteiger partial charge in [0.25, 0.3) is 0 Å². The van der Waals surface area contributed by atoms with Crippen LogP contribution in [0.4, 0.5) is 0 Å². The van der Waals surface area contributed by atoms with Gasteiger partial charge in [-0.3, -0.25) is 4.57 Å². The molecule has 3 aromatic heterocycles. The quantitative estimate of drug-likeness (QED) is 0.162. The maximum absolute atomic E-state index is 5.20. The van der Waals surface area contributed by atoms with E-state index in [-0.39, 0.29) is 0 Å². The van der Waals surface area contributed by atoms with E-state index in [1.165, 1.54) is 27.6 Å². The summed E-state index contributed by atoms with van der Waals surface area (Å²) in [6, 6.07) is 79.5. The highest BCUT2D eigenvalue weighted by molar-refractivity contribution is 6.19. The third-order valence-corrected chi connectivity index (χ3v) is 12.0. The molecule has 5 heteroatoms. The van der Waals surface area contributed by atoms with Gasteiger partial charge in [-0.2, -0.15) is 9.97 Å². The fourth-order valence-corrected chi connectivity index (χ4v) is 9.15. The maximum atomic E-state index is 5.20. The predicted molar refractivity (Wildman–Crippen MR) is 256 cm³/mol. The van der Waals surface area contributed by atoms with Gasteiger partial charge in [0.15, 0.2) is 11.6 Å². The van der Waals surface area contributed by atoms with Crippen LogP contribution in [0.3, 0.4) is 0 Å². The number of hydrogen-bond acceptors (Lipinski definition) is 3. The van der Waals surface area contributed by atoms with Crippen LogP contribution in [0.2, 0.25) is 0 Å².